The van der Waals surface area contributed by atoms with Crippen molar-refractivity contribution in [3.8, 4) is 5.75 Å². The van der Waals surface area contributed by atoms with Crippen LogP contribution in [0, 0.1) is 0 Å². The third kappa shape index (κ3) is 4.85. The Morgan fingerprint density at radius 1 is 1.21 bits per heavy atom. The molecule has 7 nitrogen and oxygen atoms in total. The Bertz CT molecular complexity index is 761. The zero-order valence-electron chi connectivity index (χ0n) is 12.9. The van der Waals surface area contributed by atoms with Crippen LogP contribution in [-0.2, 0) is 11.3 Å². The van der Waals surface area contributed by atoms with E-state index < -0.39 is 23.1 Å². The van der Waals surface area contributed by atoms with Crippen LogP contribution in [0.25, 0.3) is 0 Å². The van der Waals surface area contributed by atoms with Crippen LogP contribution < -0.4 is 16.1 Å². The Hall–Kier alpha value is -2.80. The second-order valence-electron chi connectivity index (χ2n) is 4.96. The molecule has 0 fully saturated rings. The number of carbonyl (C=O) groups excluding carboxylic acids is 2. The summed E-state index contributed by atoms with van der Waals surface area (Å²) in [6.07, 6.45) is 1.25. The summed E-state index contributed by atoms with van der Waals surface area (Å²) in [5.41, 5.74) is -0.0142. The van der Waals surface area contributed by atoms with Gasteiger partial charge in [0, 0.05) is 18.8 Å². The number of hydrogen-bond acceptors (Lipinski definition) is 4. The number of aromatic hydroxyl groups is 1. The number of hydrogen-bond donors (Lipinski definition) is 4. The molecule has 2 rings (SSSR count). The number of aromatic amines is 1. The van der Waals surface area contributed by atoms with E-state index in [1.165, 1.54) is 13.1 Å². The van der Waals surface area contributed by atoms with Gasteiger partial charge in [-0.05, 0) is 12.5 Å². The molecular formula is C16H18ClN3O4. The predicted molar refractivity (Wildman–Crippen MR) is 91.2 cm³/mol. The lowest BCUT2D eigenvalue weighted by molar-refractivity contribution is -0.122. The number of aromatic nitrogens is 1. The van der Waals surface area contributed by atoms with Crippen LogP contribution in [0.3, 0.4) is 0 Å². The van der Waals surface area contributed by atoms with Gasteiger partial charge in [0.15, 0.2) is 11.4 Å². The first-order chi connectivity index (χ1) is 11.0. The van der Waals surface area contributed by atoms with Crippen LogP contribution in [0.2, 0.25) is 0 Å². The average Bonchev–Trinajstić information content (AvgIpc) is 2.55. The third-order valence-corrected chi connectivity index (χ3v) is 3.21. The Morgan fingerprint density at radius 2 is 1.88 bits per heavy atom. The molecule has 1 aromatic carbocycles. The molecule has 0 saturated carbocycles. The van der Waals surface area contributed by atoms with E-state index in [9.17, 15) is 19.5 Å². The second-order valence-corrected chi connectivity index (χ2v) is 4.96. The van der Waals surface area contributed by atoms with Gasteiger partial charge in [-0.15, -0.1) is 12.4 Å². The fraction of sp³-hybridized carbons (Fsp3) is 0.188. The van der Waals surface area contributed by atoms with Gasteiger partial charge in [0.25, 0.3) is 5.91 Å². The largest absolute Gasteiger partial charge is 0.503 e. The first-order valence-electron chi connectivity index (χ1n) is 7.02. The van der Waals surface area contributed by atoms with Gasteiger partial charge in [-0.25, -0.2) is 0 Å². The van der Waals surface area contributed by atoms with E-state index in [0.29, 0.717) is 6.54 Å². The van der Waals surface area contributed by atoms with E-state index in [2.05, 4.69) is 15.6 Å². The van der Waals surface area contributed by atoms with Gasteiger partial charge in [-0.3, -0.25) is 14.4 Å². The maximum Gasteiger partial charge on any atom is 0.272 e. The van der Waals surface area contributed by atoms with Crippen LogP contribution in [0.4, 0.5) is 0 Å². The number of H-pyrrole nitrogens is 1. The van der Waals surface area contributed by atoms with E-state index in [-0.39, 0.29) is 24.0 Å². The molecule has 0 aliphatic heterocycles. The summed E-state index contributed by atoms with van der Waals surface area (Å²) in [5, 5.41) is 14.7. The minimum Gasteiger partial charge on any atom is -0.503 e. The highest BCUT2D eigenvalue weighted by molar-refractivity contribution is 5.97. The van der Waals surface area contributed by atoms with Crippen molar-refractivity contribution in [3.05, 3.63) is 64.1 Å². The van der Waals surface area contributed by atoms with Gasteiger partial charge < -0.3 is 20.7 Å². The van der Waals surface area contributed by atoms with E-state index in [1.54, 1.807) is 0 Å². The molecular weight excluding hydrogens is 334 g/mol. The molecule has 0 aliphatic carbocycles. The number of nitrogens with one attached hydrogen (secondary N) is 3. The molecule has 1 atom stereocenters. The van der Waals surface area contributed by atoms with Crippen molar-refractivity contribution < 1.29 is 14.7 Å². The summed E-state index contributed by atoms with van der Waals surface area (Å²) in [7, 11) is 0. The molecule has 0 saturated heterocycles. The van der Waals surface area contributed by atoms with Gasteiger partial charge in [0.1, 0.15) is 6.04 Å². The first kappa shape index (κ1) is 19.2. The Morgan fingerprint density at radius 3 is 2.54 bits per heavy atom. The minimum absolute atomic E-state index is 0. The van der Waals surface area contributed by atoms with Crippen LogP contribution in [0.5, 0.6) is 5.75 Å². The van der Waals surface area contributed by atoms with Crippen molar-refractivity contribution in [2.24, 2.45) is 0 Å². The SMILES string of the molecule is C[C@H](NC(=O)c1[nH]ccc(=O)c1O)C(=O)NCc1ccccc1.Cl. The Balaban J connectivity index is 0.00000288. The summed E-state index contributed by atoms with van der Waals surface area (Å²) in [6.45, 7) is 1.85. The minimum atomic E-state index is -0.825. The quantitative estimate of drug-likeness (QED) is 0.642. The van der Waals surface area contributed by atoms with Gasteiger partial charge in [-0.2, -0.15) is 0 Å². The standard InChI is InChI=1S/C16H17N3O4.ClH/c1-10(15(22)18-9-11-5-3-2-4-6-11)19-16(23)13-14(21)12(20)7-8-17-13;/h2-8,10,21H,9H2,1H3,(H,17,20)(H,18,22)(H,19,23);1H/t10-;/m0./s1. The number of amides is 2. The van der Waals surface area contributed by atoms with E-state index in [4.69, 9.17) is 0 Å². The van der Waals surface area contributed by atoms with Crippen molar-refractivity contribution in [3.63, 3.8) is 0 Å². The molecule has 0 aliphatic rings. The Kier molecular flexibility index (Phi) is 7.00. The summed E-state index contributed by atoms with van der Waals surface area (Å²) in [6, 6.07) is 9.62. The molecule has 0 spiro atoms. The molecule has 2 aromatic rings. The number of rotatable bonds is 5. The number of benzene rings is 1. The Labute approximate surface area is 144 Å². The normalized spacial score (nSPS) is 11.0. The highest BCUT2D eigenvalue weighted by Gasteiger charge is 2.19. The van der Waals surface area contributed by atoms with Crippen LogP contribution in [0.15, 0.2) is 47.4 Å². The molecule has 1 heterocycles. The van der Waals surface area contributed by atoms with Crippen molar-refractivity contribution in [2.75, 3.05) is 0 Å². The van der Waals surface area contributed by atoms with Crippen molar-refractivity contribution in [2.45, 2.75) is 19.5 Å². The van der Waals surface area contributed by atoms with E-state index >= 15 is 0 Å². The van der Waals surface area contributed by atoms with Crippen LogP contribution >= 0.6 is 12.4 Å². The summed E-state index contributed by atoms with van der Waals surface area (Å²) >= 11 is 0. The second kappa shape index (κ2) is 8.73. The highest BCUT2D eigenvalue weighted by Crippen LogP contribution is 2.07. The van der Waals surface area contributed by atoms with Crippen LogP contribution in [0.1, 0.15) is 23.0 Å². The highest BCUT2D eigenvalue weighted by atomic mass is 35.5. The maximum absolute atomic E-state index is 12.0. The molecule has 0 bridgehead atoms. The maximum atomic E-state index is 12.0. The fourth-order valence-electron chi connectivity index (χ4n) is 1.92. The van der Waals surface area contributed by atoms with Gasteiger partial charge in [-0.1, -0.05) is 30.3 Å². The molecule has 4 N–H and O–H groups in total. The molecule has 2 amide bonds. The number of carbonyl (C=O) groups is 2. The molecule has 8 heteroatoms. The molecule has 24 heavy (non-hydrogen) atoms. The zero-order chi connectivity index (χ0) is 16.8. The van der Waals surface area contributed by atoms with Gasteiger partial charge >= 0.3 is 0 Å². The van der Waals surface area contributed by atoms with E-state index in [0.717, 1.165) is 11.6 Å². The summed E-state index contributed by atoms with van der Waals surface area (Å²) in [5.74, 6) is -1.79. The third-order valence-electron chi connectivity index (χ3n) is 3.21. The molecule has 0 unspecified atom stereocenters. The zero-order valence-corrected chi connectivity index (χ0v) is 13.7. The lowest BCUT2D eigenvalue weighted by atomic mass is 10.2. The van der Waals surface area contributed by atoms with Gasteiger partial charge in [0.2, 0.25) is 11.3 Å². The molecule has 1 aromatic heterocycles. The molecule has 128 valence electrons. The van der Waals surface area contributed by atoms with Crippen molar-refractivity contribution in [1.82, 2.24) is 15.6 Å². The smallest absolute Gasteiger partial charge is 0.272 e. The first-order valence-corrected chi connectivity index (χ1v) is 7.02. The summed E-state index contributed by atoms with van der Waals surface area (Å²) < 4.78 is 0. The average molecular weight is 352 g/mol. The lowest BCUT2D eigenvalue weighted by Crippen LogP contribution is -2.44. The van der Waals surface area contributed by atoms with Crippen LogP contribution in [-0.4, -0.2) is 27.9 Å². The lowest BCUT2D eigenvalue weighted by Gasteiger charge is -2.14. The number of halogens is 1. The summed E-state index contributed by atoms with van der Waals surface area (Å²) in [4.78, 5) is 37.7. The fourth-order valence-corrected chi connectivity index (χ4v) is 1.92. The number of pyridine rings is 1. The van der Waals surface area contributed by atoms with Gasteiger partial charge in [0.05, 0.1) is 0 Å². The predicted octanol–water partition coefficient (Wildman–Crippen LogP) is 0.937. The topological polar surface area (TPSA) is 111 Å². The van der Waals surface area contributed by atoms with Crippen molar-refractivity contribution >= 4 is 24.2 Å². The van der Waals surface area contributed by atoms with E-state index in [1.807, 2.05) is 30.3 Å². The molecule has 0 radical (unpaired) electrons. The van der Waals surface area contributed by atoms with Crippen molar-refractivity contribution in [1.29, 1.82) is 0 Å². The monoisotopic (exact) mass is 351 g/mol.